The third-order valence-electron chi connectivity index (χ3n) is 4.35. The van der Waals surface area contributed by atoms with Crippen molar-refractivity contribution in [1.82, 2.24) is 19.7 Å². The number of hydrogen-bond donors (Lipinski definition) is 2. The molecule has 128 valence electrons. The lowest BCUT2D eigenvalue weighted by atomic mass is 10.1. The van der Waals surface area contributed by atoms with Crippen LogP contribution in [-0.4, -0.2) is 44.7 Å². The summed E-state index contributed by atoms with van der Waals surface area (Å²) in [4.78, 5) is 18.5. The fraction of sp³-hybridized carbons (Fsp3) is 0.471. The minimum Gasteiger partial charge on any atom is -0.384 e. The van der Waals surface area contributed by atoms with Crippen LogP contribution < -0.4 is 11.1 Å². The monoisotopic (exact) mass is 328 g/mol. The van der Waals surface area contributed by atoms with E-state index in [9.17, 15) is 4.79 Å². The van der Waals surface area contributed by atoms with Gasteiger partial charge < -0.3 is 16.0 Å². The zero-order valence-electron chi connectivity index (χ0n) is 13.8. The molecular formula is C17H24N6O. The first-order chi connectivity index (χ1) is 11.7. The van der Waals surface area contributed by atoms with Crippen molar-refractivity contribution in [2.45, 2.75) is 38.3 Å². The fourth-order valence-corrected chi connectivity index (χ4v) is 3.02. The van der Waals surface area contributed by atoms with Crippen LogP contribution in [-0.2, 0) is 11.3 Å². The third kappa shape index (κ3) is 4.47. The minimum atomic E-state index is 0.209. The van der Waals surface area contributed by atoms with Crippen LogP contribution in [0.15, 0.2) is 36.8 Å². The SMILES string of the molecule is Nc1ccc(NC2CCCN(C(=O)CCn3cccn3)CC2)cn1. The van der Waals surface area contributed by atoms with E-state index in [1.807, 2.05) is 23.2 Å². The number of nitrogens with one attached hydrogen (secondary N) is 1. The Hall–Kier alpha value is -2.57. The second-order valence-electron chi connectivity index (χ2n) is 6.14. The van der Waals surface area contributed by atoms with Crippen LogP contribution in [0.5, 0.6) is 0 Å². The molecule has 3 N–H and O–H groups in total. The molecule has 7 nitrogen and oxygen atoms in total. The summed E-state index contributed by atoms with van der Waals surface area (Å²) in [6.45, 7) is 2.26. The topological polar surface area (TPSA) is 89.1 Å². The summed E-state index contributed by atoms with van der Waals surface area (Å²) in [5.74, 6) is 0.732. The molecule has 2 aromatic rings. The molecule has 0 aliphatic carbocycles. The van der Waals surface area contributed by atoms with Gasteiger partial charge in [0.25, 0.3) is 0 Å². The molecule has 0 radical (unpaired) electrons. The Kier molecular flexibility index (Phi) is 5.30. The lowest BCUT2D eigenvalue weighted by molar-refractivity contribution is -0.131. The van der Waals surface area contributed by atoms with Crippen molar-refractivity contribution in [2.24, 2.45) is 0 Å². The van der Waals surface area contributed by atoms with Gasteiger partial charge in [-0.3, -0.25) is 9.48 Å². The number of carbonyl (C=O) groups excluding carboxylic acids is 1. The molecule has 0 saturated carbocycles. The summed E-state index contributed by atoms with van der Waals surface area (Å²) in [5.41, 5.74) is 6.59. The summed E-state index contributed by atoms with van der Waals surface area (Å²) in [7, 11) is 0. The van der Waals surface area contributed by atoms with Crippen LogP contribution in [0.25, 0.3) is 0 Å². The molecule has 3 rings (SSSR count). The summed E-state index contributed by atoms with van der Waals surface area (Å²) >= 11 is 0. The number of anilines is 2. The normalized spacial score (nSPS) is 18.2. The molecule has 1 unspecified atom stereocenters. The van der Waals surface area contributed by atoms with Gasteiger partial charge in [0.2, 0.25) is 5.91 Å². The van der Waals surface area contributed by atoms with E-state index in [-0.39, 0.29) is 5.91 Å². The van der Waals surface area contributed by atoms with Gasteiger partial charge in [0, 0.05) is 44.5 Å². The highest BCUT2D eigenvalue weighted by Gasteiger charge is 2.20. The van der Waals surface area contributed by atoms with Gasteiger partial charge in [0.05, 0.1) is 11.9 Å². The maximum absolute atomic E-state index is 12.4. The summed E-state index contributed by atoms with van der Waals surface area (Å²) < 4.78 is 1.80. The standard InChI is InChI=1S/C17H24N6O/c18-16-5-4-15(13-19-16)21-14-3-1-9-22(11-6-14)17(24)7-12-23-10-2-8-20-23/h2,4-5,8,10,13-14,21H,1,3,6-7,9,11-12H2,(H2,18,19). The van der Waals surface area contributed by atoms with E-state index in [4.69, 9.17) is 5.73 Å². The summed E-state index contributed by atoms with van der Waals surface area (Å²) in [6.07, 6.45) is 8.88. The number of pyridine rings is 1. The van der Waals surface area contributed by atoms with Gasteiger partial charge in [-0.1, -0.05) is 0 Å². The molecule has 0 bridgehead atoms. The minimum absolute atomic E-state index is 0.209. The van der Waals surface area contributed by atoms with E-state index < -0.39 is 0 Å². The van der Waals surface area contributed by atoms with Crippen LogP contribution >= 0.6 is 0 Å². The number of rotatable bonds is 5. The average molecular weight is 328 g/mol. The van der Waals surface area contributed by atoms with Gasteiger partial charge in [-0.15, -0.1) is 0 Å². The molecule has 1 aliphatic rings. The van der Waals surface area contributed by atoms with Crippen molar-refractivity contribution < 1.29 is 4.79 Å². The number of aromatic nitrogens is 3. The highest BCUT2D eigenvalue weighted by molar-refractivity contribution is 5.76. The van der Waals surface area contributed by atoms with Crippen LogP contribution in [0.3, 0.4) is 0 Å². The van der Waals surface area contributed by atoms with E-state index in [1.165, 1.54) is 0 Å². The predicted molar refractivity (Wildman–Crippen MR) is 93.3 cm³/mol. The second kappa shape index (κ2) is 7.81. The Morgan fingerprint density at radius 2 is 2.25 bits per heavy atom. The highest BCUT2D eigenvalue weighted by Crippen LogP contribution is 2.17. The van der Waals surface area contributed by atoms with E-state index in [1.54, 1.807) is 23.1 Å². The zero-order valence-corrected chi connectivity index (χ0v) is 13.8. The van der Waals surface area contributed by atoms with Crippen molar-refractivity contribution in [3.05, 3.63) is 36.8 Å². The fourth-order valence-electron chi connectivity index (χ4n) is 3.02. The van der Waals surface area contributed by atoms with Crippen LogP contribution in [0.1, 0.15) is 25.7 Å². The van der Waals surface area contributed by atoms with Gasteiger partial charge in [-0.25, -0.2) is 4.98 Å². The molecule has 1 fully saturated rings. The van der Waals surface area contributed by atoms with Gasteiger partial charge in [0.15, 0.2) is 0 Å². The van der Waals surface area contributed by atoms with E-state index in [0.29, 0.717) is 24.8 Å². The predicted octanol–water partition coefficient (Wildman–Crippen LogP) is 1.74. The lowest BCUT2D eigenvalue weighted by Gasteiger charge is -2.21. The lowest BCUT2D eigenvalue weighted by Crippen LogP contribution is -2.33. The maximum Gasteiger partial charge on any atom is 0.224 e. The quantitative estimate of drug-likeness (QED) is 0.873. The molecule has 7 heteroatoms. The van der Waals surface area contributed by atoms with Crippen LogP contribution in [0.4, 0.5) is 11.5 Å². The van der Waals surface area contributed by atoms with E-state index >= 15 is 0 Å². The Balaban J connectivity index is 1.47. The molecule has 24 heavy (non-hydrogen) atoms. The Bertz CT molecular complexity index is 640. The first-order valence-corrected chi connectivity index (χ1v) is 8.44. The number of carbonyl (C=O) groups is 1. The van der Waals surface area contributed by atoms with Gasteiger partial charge in [0.1, 0.15) is 5.82 Å². The van der Waals surface area contributed by atoms with Crippen molar-refractivity contribution in [3.63, 3.8) is 0 Å². The van der Waals surface area contributed by atoms with Crippen LogP contribution in [0.2, 0.25) is 0 Å². The Morgan fingerprint density at radius 1 is 1.33 bits per heavy atom. The highest BCUT2D eigenvalue weighted by atomic mass is 16.2. The number of nitrogens with zero attached hydrogens (tertiary/aromatic N) is 4. The van der Waals surface area contributed by atoms with Crippen molar-refractivity contribution in [1.29, 1.82) is 0 Å². The Morgan fingerprint density at radius 3 is 3.00 bits per heavy atom. The smallest absolute Gasteiger partial charge is 0.224 e. The van der Waals surface area contributed by atoms with E-state index in [2.05, 4.69) is 15.4 Å². The number of nitrogens with two attached hydrogens (primary N) is 1. The molecular weight excluding hydrogens is 304 g/mol. The molecule has 1 aliphatic heterocycles. The molecule has 3 heterocycles. The zero-order chi connectivity index (χ0) is 16.8. The first kappa shape index (κ1) is 16.3. The average Bonchev–Trinajstić information content (AvgIpc) is 3.00. The first-order valence-electron chi connectivity index (χ1n) is 8.44. The van der Waals surface area contributed by atoms with Gasteiger partial charge >= 0.3 is 0 Å². The summed E-state index contributed by atoms with van der Waals surface area (Å²) in [5, 5.41) is 7.63. The molecule has 0 aromatic carbocycles. The maximum atomic E-state index is 12.4. The molecule has 0 spiro atoms. The molecule has 1 saturated heterocycles. The van der Waals surface area contributed by atoms with Gasteiger partial charge in [-0.2, -0.15) is 5.10 Å². The number of nitrogen functional groups attached to an aromatic ring is 1. The Labute approximate surface area is 141 Å². The van der Waals surface area contributed by atoms with Crippen molar-refractivity contribution in [3.8, 4) is 0 Å². The van der Waals surface area contributed by atoms with Crippen LogP contribution in [0, 0.1) is 0 Å². The molecule has 1 atom stereocenters. The molecule has 2 aromatic heterocycles. The number of amides is 1. The van der Waals surface area contributed by atoms with Crippen molar-refractivity contribution >= 4 is 17.4 Å². The molecule has 1 amide bonds. The number of hydrogen-bond acceptors (Lipinski definition) is 5. The largest absolute Gasteiger partial charge is 0.384 e. The van der Waals surface area contributed by atoms with Crippen molar-refractivity contribution in [2.75, 3.05) is 24.1 Å². The second-order valence-corrected chi connectivity index (χ2v) is 6.14. The summed E-state index contributed by atoms with van der Waals surface area (Å²) in [6, 6.07) is 5.97. The number of likely N-dealkylation sites (tertiary alicyclic amines) is 1. The number of aryl methyl sites for hydroxylation is 1. The third-order valence-corrected chi connectivity index (χ3v) is 4.35. The van der Waals surface area contributed by atoms with E-state index in [0.717, 1.165) is 38.0 Å². The van der Waals surface area contributed by atoms with Gasteiger partial charge in [-0.05, 0) is 37.5 Å².